The minimum absolute atomic E-state index is 0.0894. The van der Waals surface area contributed by atoms with Crippen LogP contribution in [0.5, 0.6) is 5.75 Å². The number of halogens is 1. The number of nitrogens with zero attached hydrogens (tertiary/aromatic N) is 1. The quantitative estimate of drug-likeness (QED) is 0.615. The molecular formula is C18H17ClN2O4S2. The van der Waals surface area contributed by atoms with E-state index in [0.29, 0.717) is 15.9 Å². The van der Waals surface area contributed by atoms with E-state index in [1.165, 1.54) is 30.6 Å². The van der Waals surface area contributed by atoms with E-state index in [-0.39, 0.29) is 29.4 Å². The van der Waals surface area contributed by atoms with Crippen LogP contribution in [0.2, 0.25) is 5.02 Å². The van der Waals surface area contributed by atoms with E-state index >= 15 is 0 Å². The lowest BCUT2D eigenvalue weighted by atomic mass is 10.3. The van der Waals surface area contributed by atoms with E-state index in [4.69, 9.17) is 16.3 Å². The molecule has 142 valence electrons. The maximum Gasteiger partial charge on any atom is 0.226 e. The highest BCUT2D eigenvalue weighted by molar-refractivity contribution is 7.91. The second-order valence-electron chi connectivity index (χ2n) is 5.78. The molecule has 1 aromatic heterocycles. The number of benzene rings is 2. The number of hydrogen-bond acceptors (Lipinski definition) is 6. The molecule has 0 radical (unpaired) electrons. The van der Waals surface area contributed by atoms with Gasteiger partial charge in [0.15, 0.2) is 15.0 Å². The smallest absolute Gasteiger partial charge is 0.226 e. The summed E-state index contributed by atoms with van der Waals surface area (Å²) in [5, 5.41) is 3.78. The van der Waals surface area contributed by atoms with Crippen LogP contribution in [0.3, 0.4) is 0 Å². The summed E-state index contributed by atoms with van der Waals surface area (Å²) in [7, 11) is -1.93. The van der Waals surface area contributed by atoms with Crippen LogP contribution in [-0.4, -0.2) is 32.2 Å². The summed E-state index contributed by atoms with van der Waals surface area (Å²) < 4.78 is 30.5. The van der Waals surface area contributed by atoms with Crippen molar-refractivity contribution in [3.05, 3.63) is 47.5 Å². The number of fused-ring (bicyclic) bond motifs is 1. The first-order chi connectivity index (χ1) is 12.9. The zero-order valence-electron chi connectivity index (χ0n) is 14.4. The average molecular weight is 425 g/mol. The molecule has 6 nitrogen and oxygen atoms in total. The van der Waals surface area contributed by atoms with E-state index in [2.05, 4.69) is 10.3 Å². The Morgan fingerprint density at radius 1 is 1.22 bits per heavy atom. The molecule has 0 spiro atoms. The number of carbonyl (C=O) groups is 1. The van der Waals surface area contributed by atoms with Gasteiger partial charge in [-0.3, -0.25) is 4.79 Å². The average Bonchev–Trinajstić information content (AvgIpc) is 3.02. The van der Waals surface area contributed by atoms with Gasteiger partial charge in [-0.15, -0.1) is 0 Å². The van der Waals surface area contributed by atoms with Gasteiger partial charge in [-0.2, -0.15) is 0 Å². The summed E-state index contributed by atoms with van der Waals surface area (Å²) in [4.78, 5) is 16.6. The lowest BCUT2D eigenvalue weighted by Crippen LogP contribution is -2.14. The summed E-state index contributed by atoms with van der Waals surface area (Å²) in [5.41, 5.74) is 0.752. The normalized spacial score (nSPS) is 11.5. The number of aromatic nitrogens is 1. The Hall–Kier alpha value is -2.16. The highest BCUT2D eigenvalue weighted by Gasteiger charge is 2.16. The Balaban J connectivity index is 1.54. The van der Waals surface area contributed by atoms with Gasteiger partial charge < -0.3 is 10.1 Å². The van der Waals surface area contributed by atoms with Crippen LogP contribution >= 0.6 is 22.9 Å². The second-order valence-corrected chi connectivity index (χ2v) is 9.35. The molecule has 0 unspecified atom stereocenters. The van der Waals surface area contributed by atoms with E-state index in [1.807, 2.05) is 0 Å². The van der Waals surface area contributed by atoms with Crippen molar-refractivity contribution >= 4 is 54.0 Å². The van der Waals surface area contributed by atoms with Crippen LogP contribution in [0.4, 0.5) is 5.13 Å². The summed E-state index contributed by atoms with van der Waals surface area (Å²) in [6.07, 6.45) is 0.309. The van der Waals surface area contributed by atoms with E-state index in [9.17, 15) is 13.2 Å². The van der Waals surface area contributed by atoms with Gasteiger partial charge >= 0.3 is 0 Å². The van der Waals surface area contributed by atoms with Gasteiger partial charge in [-0.25, -0.2) is 13.4 Å². The Morgan fingerprint density at radius 2 is 1.96 bits per heavy atom. The molecule has 0 fully saturated rings. The molecule has 0 bridgehead atoms. The SMILES string of the molecule is COc1ccc(S(=O)(=O)CCCC(=O)Nc2nc3ccc(Cl)cc3s2)cc1. The minimum atomic E-state index is -3.44. The molecule has 0 aliphatic heterocycles. The number of anilines is 1. The van der Waals surface area contributed by atoms with Crippen LogP contribution in [0.25, 0.3) is 10.2 Å². The van der Waals surface area contributed by atoms with Gasteiger partial charge in [0.25, 0.3) is 0 Å². The first kappa shape index (κ1) is 19.6. The van der Waals surface area contributed by atoms with E-state index in [0.717, 1.165) is 10.2 Å². The number of methoxy groups -OCH3 is 1. The first-order valence-corrected chi connectivity index (χ1v) is 10.9. The molecular weight excluding hydrogens is 408 g/mol. The topological polar surface area (TPSA) is 85.4 Å². The summed E-state index contributed by atoms with van der Waals surface area (Å²) >= 11 is 7.26. The molecule has 9 heteroatoms. The molecule has 0 aliphatic rings. The van der Waals surface area contributed by atoms with Gasteiger partial charge in [-0.05, 0) is 48.9 Å². The predicted octanol–water partition coefficient (Wildman–Crippen LogP) is 4.15. The standard InChI is InChI=1S/C18H17ClN2O4S2/c1-25-13-5-7-14(8-6-13)27(23,24)10-2-3-17(22)21-18-20-15-9-4-12(19)11-16(15)26-18/h4-9,11H,2-3,10H2,1H3,(H,20,21,22). The molecule has 0 saturated carbocycles. The Labute approximate surface area is 166 Å². The Kier molecular flexibility index (Phi) is 5.98. The molecule has 3 aromatic rings. The first-order valence-electron chi connectivity index (χ1n) is 8.10. The van der Waals surface area contributed by atoms with Crippen molar-refractivity contribution in [2.75, 3.05) is 18.2 Å². The fourth-order valence-corrected chi connectivity index (χ4v) is 4.93. The number of rotatable bonds is 7. The maximum atomic E-state index is 12.3. The molecule has 3 rings (SSSR count). The van der Waals surface area contributed by atoms with Crippen LogP contribution in [0.15, 0.2) is 47.4 Å². The molecule has 0 aliphatic carbocycles. The molecule has 27 heavy (non-hydrogen) atoms. The van der Waals surface area contributed by atoms with E-state index in [1.54, 1.807) is 30.3 Å². The zero-order valence-corrected chi connectivity index (χ0v) is 16.8. The Morgan fingerprint density at radius 3 is 2.67 bits per heavy atom. The number of ether oxygens (including phenoxy) is 1. The largest absolute Gasteiger partial charge is 0.497 e. The highest BCUT2D eigenvalue weighted by atomic mass is 35.5. The number of thiazole rings is 1. The maximum absolute atomic E-state index is 12.3. The predicted molar refractivity (Wildman–Crippen MR) is 108 cm³/mol. The van der Waals surface area contributed by atoms with Crippen molar-refractivity contribution < 1.29 is 17.9 Å². The Bertz CT molecular complexity index is 1060. The van der Waals surface area contributed by atoms with Gasteiger partial charge in [0.1, 0.15) is 5.75 Å². The molecule has 1 heterocycles. The summed E-state index contributed by atoms with van der Waals surface area (Å²) in [6, 6.07) is 11.5. The van der Waals surface area contributed by atoms with Gasteiger partial charge in [0.05, 0.1) is 28.0 Å². The van der Waals surface area contributed by atoms with Crippen LogP contribution in [-0.2, 0) is 14.6 Å². The van der Waals surface area contributed by atoms with Crippen molar-refractivity contribution in [3.8, 4) is 5.75 Å². The number of hydrogen-bond donors (Lipinski definition) is 1. The monoisotopic (exact) mass is 424 g/mol. The molecule has 1 N–H and O–H groups in total. The van der Waals surface area contributed by atoms with Crippen molar-refractivity contribution in [1.82, 2.24) is 4.98 Å². The third-order valence-electron chi connectivity index (χ3n) is 3.83. The van der Waals surface area contributed by atoms with E-state index < -0.39 is 9.84 Å². The van der Waals surface area contributed by atoms with Gasteiger partial charge in [0, 0.05) is 11.4 Å². The summed E-state index contributed by atoms with van der Waals surface area (Å²) in [5.74, 6) is 0.206. The highest BCUT2D eigenvalue weighted by Crippen LogP contribution is 2.28. The third-order valence-corrected chi connectivity index (χ3v) is 6.82. The number of nitrogens with one attached hydrogen (secondary N) is 1. The van der Waals surface area contributed by atoms with Crippen LogP contribution in [0.1, 0.15) is 12.8 Å². The molecule has 0 atom stereocenters. The van der Waals surface area contributed by atoms with Crippen LogP contribution in [0, 0.1) is 0 Å². The number of carbonyl (C=O) groups excluding carboxylic acids is 1. The molecule has 1 amide bonds. The third kappa shape index (κ3) is 4.97. The van der Waals surface area contributed by atoms with Crippen molar-refractivity contribution in [1.29, 1.82) is 0 Å². The molecule has 2 aromatic carbocycles. The minimum Gasteiger partial charge on any atom is -0.497 e. The van der Waals surface area contributed by atoms with Crippen LogP contribution < -0.4 is 10.1 Å². The fourth-order valence-electron chi connectivity index (χ4n) is 2.46. The lowest BCUT2D eigenvalue weighted by molar-refractivity contribution is -0.116. The van der Waals surface area contributed by atoms with Crippen molar-refractivity contribution in [2.45, 2.75) is 17.7 Å². The van der Waals surface area contributed by atoms with Crippen molar-refractivity contribution in [2.24, 2.45) is 0 Å². The fraction of sp³-hybridized carbons (Fsp3) is 0.222. The summed E-state index contributed by atoms with van der Waals surface area (Å²) in [6.45, 7) is 0. The number of amides is 1. The lowest BCUT2D eigenvalue weighted by Gasteiger charge is -2.06. The number of sulfone groups is 1. The zero-order chi connectivity index (χ0) is 19.4. The second kappa shape index (κ2) is 8.24. The molecule has 0 saturated heterocycles. The van der Waals surface area contributed by atoms with Gasteiger partial charge in [-0.1, -0.05) is 22.9 Å². The van der Waals surface area contributed by atoms with Crippen molar-refractivity contribution in [3.63, 3.8) is 0 Å². The van der Waals surface area contributed by atoms with Gasteiger partial charge in [0.2, 0.25) is 5.91 Å².